The van der Waals surface area contributed by atoms with Gasteiger partial charge in [0.15, 0.2) is 11.0 Å². The van der Waals surface area contributed by atoms with Gasteiger partial charge >= 0.3 is 0 Å². The fourth-order valence-electron chi connectivity index (χ4n) is 3.23. The number of halogens is 1. The van der Waals surface area contributed by atoms with Crippen molar-refractivity contribution in [3.63, 3.8) is 0 Å². The Morgan fingerprint density at radius 2 is 1.88 bits per heavy atom. The SMILES string of the molecule is Brc1ccccc1-c1nnc2n1CN(CCCN1CCOCC1)CS2. The fraction of sp³-hybridized carbons (Fsp3) is 0.529. The van der Waals surface area contributed by atoms with Gasteiger partial charge in [-0.15, -0.1) is 10.2 Å². The van der Waals surface area contributed by atoms with Gasteiger partial charge in [-0.25, -0.2) is 0 Å². The molecular formula is C17H22BrN5OS. The van der Waals surface area contributed by atoms with Crippen molar-refractivity contribution in [2.24, 2.45) is 0 Å². The summed E-state index contributed by atoms with van der Waals surface area (Å²) in [5.74, 6) is 1.92. The summed E-state index contributed by atoms with van der Waals surface area (Å²) in [5.41, 5.74) is 1.09. The Balaban J connectivity index is 1.39. The molecule has 0 spiro atoms. The van der Waals surface area contributed by atoms with E-state index in [4.69, 9.17) is 4.74 Å². The number of fused-ring (bicyclic) bond motifs is 1. The van der Waals surface area contributed by atoms with E-state index < -0.39 is 0 Å². The van der Waals surface area contributed by atoms with Crippen molar-refractivity contribution in [3.8, 4) is 11.4 Å². The molecule has 0 atom stereocenters. The molecule has 8 heteroatoms. The summed E-state index contributed by atoms with van der Waals surface area (Å²) in [6.45, 7) is 6.98. The van der Waals surface area contributed by atoms with Gasteiger partial charge in [-0.3, -0.25) is 14.4 Å². The summed E-state index contributed by atoms with van der Waals surface area (Å²) in [7, 11) is 0. The molecule has 2 aliphatic rings. The van der Waals surface area contributed by atoms with E-state index in [-0.39, 0.29) is 0 Å². The van der Waals surface area contributed by atoms with Gasteiger partial charge < -0.3 is 4.74 Å². The van der Waals surface area contributed by atoms with E-state index in [1.807, 2.05) is 18.2 Å². The van der Waals surface area contributed by atoms with Crippen LogP contribution in [0.4, 0.5) is 0 Å². The number of nitrogens with zero attached hydrogens (tertiary/aromatic N) is 5. The number of hydrogen-bond acceptors (Lipinski definition) is 6. The molecule has 3 heterocycles. The summed E-state index contributed by atoms with van der Waals surface area (Å²) in [6, 6.07) is 8.20. The number of aromatic nitrogens is 3. The molecule has 0 bridgehead atoms. The molecule has 1 aromatic carbocycles. The average molecular weight is 424 g/mol. The average Bonchev–Trinajstić information content (AvgIpc) is 3.06. The molecule has 0 aliphatic carbocycles. The molecule has 0 saturated carbocycles. The van der Waals surface area contributed by atoms with Crippen LogP contribution in [0.15, 0.2) is 33.9 Å². The van der Waals surface area contributed by atoms with Crippen LogP contribution in [-0.4, -0.2) is 69.8 Å². The zero-order valence-corrected chi connectivity index (χ0v) is 16.5. The highest BCUT2D eigenvalue weighted by atomic mass is 79.9. The molecule has 0 amide bonds. The third-order valence-electron chi connectivity index (χ3n) is 4.60. The molecule has 134 valence electrons. The van der Waals surface area contributed by atoms with Crippen LogP contribution in [0.1, 0.15) is 6.42 Å². The second-order valence-corrected chi connectivity index (χ2v) is 8.10. The molecule has 0 radical (unpaired) electrons. The largest absolute Gasteiger partial charge is 0.379 e. The quantitative estimate of drug-likeness (QED) is 0.736. The zero-order chi connectivity index (χ0) is 17.1. The lowest BCUT2D eigenvalue weighted by molar-refractivity contribution is 0.0359. The highest BCUT2D eigenvalue weighted by Gasteiger charge is 2.23. The van der Waals surface area contributed by atoms with Crippen molar-refractivity contribution in [3.05, 3.63) is 28.7 Å². The second-order valence-electron chi connectivity index (χ2n) is 6.33. The first-order valence-corrected chi connectivity index (χ1v) is 10.4. The first-order chi connectivity index (χ1) is 12.3. The van der Waals surface area contributed by atoms with E-state index in [0.29, 0.717) is 0 Å². The molecule has 2 aliphatic heterocycles. The molecule has 4 rings (SSSR count). The van der Waals surface area contributed by atoms with Gasteiger partial charge in [0, 0.05) is 29.7 Å². The Morgan fingerprint density at radius 1 is 1.08 bits per heavy atom. The minimum atomic E-state index is 0.856. The molecule has 0 unspecified atom stereocenters. The van der Waals surface area contributed by atoms with Gasteiger partial charge in [-0.2, -0.15) is 0 Å². The molecule has 25 heavy (non-hydrogen) atoms. The Hall–Kier alpha value is -0.930. The Kier molecular flexibility index (Phi) is 5.72. The van der Waals surface area contributed by atoms with Gasteiger partial charge in [0.25, 0.3) is 0 Å². The molecular weight excluding hydrogens is 402 g/mol. The number of morpholine rings is 1. The Bertz CT molecular complexity index is 719. The van der Waals surface area contributed by atoms with E-state index in [1.54, 1.807) is 11.8 Å². The number of hydrogen-bond donors (Lipinski definition) is 0. The third-order valence-corrected chi connectivity index (χ3v) is 6.35. The summed E-state index contributed by atoms with van der Waals surface area (Å²) in [4.78, 5) is 4.97. The fourth-order valence-corrected chi connectivity index (χ4v) is 4.60. The molecule has 1 aromatic heterocycles. The number of ether oxygens (including phenoxy) is 1. The Labute approximate surface area is 160 Å². The topological polar surface area (TPSA) is 46.4 Å². The van der Waals surface area contributed by atoms with Crippen LogP contribution in [0, 0.1) is 0 Å². The number of rotatable bonds is 5. The van der Waals surface area contributed by atoms with Crippen molar-refractivity contribution >= 4 is 27.7 Å². The normalized spacial score (nSPS) is 19.1. The summed E-state index contributed by atoms with van der Waals surface area (Å²) >= 11 is 5.40. The lowest BCUT2D eigenvalue weighted by Gasteiger charge is -2.30. The first-order valence-electron chi connectivity index (χ1n) is 8.64. The minimum Gasteiger partial charge on any atom is -0.379 e. The van der Waals surface area contributed by atoms with Crippen LogP contribution in [0.25, 0.3) is 11.4 Å². The molecule has 6 nitrogen and oxygen atoms in total. The maximum absolute atomic E-state index is 5.41. The van der Waals surface area contributed by atoms with Gasteiger partial charge in [-0.05, 0) is 19.0 Å². The lowest BCUT2D eigenvalue weighted by atomic mass is 10.2. The predicted molar refractivity (Wildman–Crippen MR) is 102 cm³/mol. The summed E-state index contributed by atoms with van der Waals surface area (Å²) in [6.07, 6.45) is 1.18. The number of thioether (sulfide) groups is 1. The van der Waals surface area contributed by atoms with Gasteiger partial charge in [0.1, 0.15) is 0 Å². The Morgan fingerprint density at radius 3 is 2.72 bits per heavy atom. The van der Waals surface area contributed by atoms with Crippen LogP contribution in [0.5, 0.6) is 0 Å². The highest BCUT2D eigenvalue weighted by Crippen LogP contribution is 2.32. The van der Waals surface area contributed by atoms with E-state index >= 15 is 0 Å². The van der Waals surface area contributed by atoms with Crippen LogP contribution in [0.3, 0.4) is 0 Å². The molecule has 1 saturated heterocycles. The van der Waals surface area contributed by atoms with Crippen molar-refractivity contribution in [1.82, 2.24) is 24.6 Å². The van der Waals surface area contributed by atoms with E-state index in [0.717, 1.165) is 73.0 Å². The molecule has 1 fully saturated rings. The van der Waals surface area contributed by atoms with Crippen molar-refractivity contribution < 1.29 is 4.74 Å². The maximum atomic E-state index is 5.41. The van der Waals surface area contributed by atoms with Crippen LogP contribution >= 0.6 is 27.7 Å². The summed E-state index contributed by atoms with van der Waals surface area (Å²) < 4.78 is 8.69. The first kappa shape index (κ1) is 17.5. The smallest absolute Gasteiger partial charge is 0.193 e. The second kappa shape index (κ2) is 8.18. The third kappa shape index (κ3) is 4.09. The van der Waals surface area contributed by atoms with Crippen molar-refractivity contribution in [1.29, 1.82) is 0 Å². The van der Waals surface area contributed by atoms with Crippen LogP contribution in [-0.2, 0) is 11.4 Å². The standard InChI is InChI=1S/C17H22BrN5OS/c18-15-5-2-1-4-14(15)16-19-20-17-23(16)12-22(13-25-17)7-3-6-21-8-10-24-11-9-21/h1-2,4-5H,3,6-13H2. The van der Waals surface area contributed by atoms with E-state index in [2.05, 4.69) is 46.6 Å². The van der Waals surface area contributed by atoms with Crippen LogP contribution in [0.2, 0.25) is 0 Å². The zero-order valence-electron chi connectivity index (χ0n) is 14.1. The van der Waals surface area contributed by atoms with Gasteiger partial charge in [0.2, 0.25) is 0 Å². The van der Waals surface area contributed by atoms with Crippen LogP contribution < -0.4 is 0 Å². The summed E-state index contributed by atoms with van der Waals surface area (Å²) in [5, 5.41) is 9.81. The monoisotopic (exact) mass is 423 g/mol. The maximum Gasteiger partial charge on any atom is 0.193 e. The predicted octanol–water partition coefficient (Wildman–Crippen LogP) is 2.75. The van der Waals surface area contributed by atoms with Crippen molar-refractivity contribution in [2.75, 3.05) is 45.3 Å². The van der Waals surface area contributed by atoms with Gasteiger partial charge in [0.05, 0.1) is 25.8 Å². The van der Waals surface area contributed by atoms with E-state index in [9.17, 15) is 0 Å². The number of benzene rings is 1. The molecule has 0 N–H and O–H groups in total. The van der Waals surface area contributed by atoms with E-state index in [1.165, 1.54) is 6.42 Å². The molecule has 2 aromatic rings. The highest BCUT2D eigenvalue weighted by molar-refractivity contribution is 9.10. The van der Waals surface area contributed by atoms with Crippen molar-refractivity contribution in [2.45, 2.75) is 18.2 Å². The lowest BCUT2D eigenvalue weighted by Crippen LogP contribution is -2.38. The van der Waals surface area contributed by atoms with Gasteiger partial charge in [-0.1, -0.05) is 45.9 Å². The minimum absolute atomic E-state index is 0.856.